The quantitative estimate of drug-likeness (QED) is 0.858. The molecule has 2 aliphatic heterocycles. The molecule has 2 aliphatic rings. The largest absolute Gasteiger partial charge is 0.300 e. The Balaban J connectivity index is 1.65. The Labute approximate surface area is 122 Å². The van der Waals surface area contributed by atoms with Gasteiger partial charge in [0.15, 0.2) is 0 Å². The maximum absolute atomic E-state index is 12.4. The van der Waals surface area contributed by atoms with Crippen molar-refractivity contribution >= 4 is 21.7 Å². The third-order valence-corrected chi connectivity index (χ3v) is 5.13. The second kappa shape index (κ2) is 5.33. The molecule has 2 saturated heterocycles. The van der Waals surface area contributed by atoms with Gasteiger partial charge in [0, 0.05) is 41.3 Å². The Morgan fingerprint density at radius 1 is 1.37 bits per heavy atom. The van der Waals surface area contributed by atoms with Gasteiger partial charge in [-0.2, -0.15) is 0 Å². The van der Waals surface area contributed by atoms with Gasteiger partial charge in [0.1, 0.15) is 5.78 Å². The van der Waals surface area contributed by atoms with Crippen LogP contribution < -0.4 is 0 Å². The first-order valence-electron chi connectivity index (χ1n) is 6.97. The Morgan fingerprint density at radius 2 is 2.05 bits per heavy atom. The number of Topliss-reactive ketones (excluding diaryl/α,β-unsaturated/α-hetero) is 1. The maximum Gasteiger partial charge on any atom is 0.140 e. The summed E-state index contributed by atoms with van der Waals surface area (Å²) >= 11 is 3.40. The highest BCUT2D eigenvalue weighted by Crippen LogP contribution is 2.38. The second-order valence-corrected chi connectivity index (χ2v) is 6.79. The lowest BCUT2D eigenvalue weighted by atomic mass is 9.85. The summed E-state index contributed by atoms with van der Waals surface area (Å²) in [4.78, 5) is 19.0. The van der Waals surface area contributed by atoms with Gasteiger partial charge in [-0.05, 0) is 60.3 Å². The minimum absolute atomic E-state index is 0.257. The molecule has 2 fully saturated rings. The number of aromatic nitrogens is 1. The lowest BCUT2D eigenvalue weighted by Crippen LogP contribution is -2.42. The molecule has 19 heavy (non-hydrogen) atoms. The SMILES string of the molecule is CN1C2CCC1CC(C(=O)Cc1cncc(Br)c1)C2. The Bertz CT molecular complexity index is 477. The molecule has 2 atom stereocenters. The highest BCUT2D eigenvalue weighted by molar-refractivity contribution is 9.10. The summed E-state index contributed by atoms with van der Waals surface area (Å²) in [6.45, 7) is 0. The first-order chi connectivity index (χ1) is 9.13. The number of ketones is 1. The third-order valence-electron chi connectivity index (χ3n) is 4.69. The number of hydrogen-bond acceptors (Lipinski definition) is 3. The van der Waals surface area contributed by atoms with Crippen molar-refractivity contribution < 1.29 is 4.79 Å². The Hall–Kier alpha value is -0.740. The van der Waals surface area contributed by atoms with E-state index in [1.54, 1.807) is 12.4 Å². The van der Waals surface area contributed by atoms with E-state index >= 15 is 0 Å². The third kappa shape index (κ3) is 2.75. The van der Waals surface area contributed by atoms with E-state index in [2.05, 4.69) is 32.9 Å². The van der Waals surface area contributed by atoms with Gasteiger partial charge in [-0.15, -0.1) is 0 Å². The van der Waals surface area contributed by atoms with Crippen LogP contribution in [0.2, 0.25) is 0 Å². The van der Waals surface area contributed by atoms with E-state index in [1.165, 1.54) is 12.8 Å². The van der Waals surface area contributed by atoms with Crippen LogP contribution in [0.5, 0.6) is 0 Å². The topological polar surface area (TPSA) is 33.2 Å². The smallest absolute Gasteiger partial charge is 0.140 e. The summed E-state index contributed by atoms with van der Waals surface area (Å²) in [5, 5.41) is 0. The molecule has 2 unspecified atom stereocenters. The Kier molecular flexibility index (Phi) is 3.72. The standard InChI is InChI=1S/C15H19BrN2O/c1-18-13-2-3-14(18)7-11(6-13)15(19)5-10-4-12(16)9-17-8-10/h4,8-9,11,13-14H,2-3,5-7H2,1H3. The lowest BCUT2D eigenvalue weighted by molar-refractivity contribution is -0.124. The molecular formula is C15H19BrN2O. The van der Waals surface area contributed by atoms with Crippen molar-refractivity contribution in [2.75, 3.05) is 7.05 Å². The van der Waals surface area contributed by atoms with E-state index in [0.29, 0.717) is 24.3 Å². The van der Waals surface area contributed by atoms with Crippen molar-refractivity contribution in [1.29, 1.82) is 0 Å². The van der Waals surface area contributed by atoms with Crippen LogP contribution in [0.25, 0.3) is 0 Å². The van der Waals surface area contributed by atoms with Gasteiger partial charge < -0.3 is 4.90 Å². The predicted molar refractivity (Wildman–Crippen MR) is 77.9 cm³/mol. The molecule has 0 amide bonds. The predicted octanol–water partition coefficient (Wildman–Crippen LogP) is 2.83. The zero-order valence-electron chi connectivity index (χ0n) is 11.2. The zero-order valence-corrected chi connectivity index (χ0v) is 12.8. The molecule has 0 saturated carbocycles. The minimum Gasteiger partial charge on any atom is -0.300 e. The number of hydrogen-bond donors (Lipinski definition) is 0. The number of carbonyl (C=O) groups excluding carboxylic acids is 1. The highest BCUT2D eigenvalue weighted by Gasteiger charge is 2.40. The molecule has 1 aromatic rings. The summed E-state index contributed by atoms with van der Waals surface area (Å²) in [6.07, 6.45) is 8.71. The van der Waals surface area contributed by atoms with E-state index in [1.807, 2.05) is 6.07 Å². The second-order valence-electron chi connectivity index (χ2n) is 5.87. The Morgan fingerprint density at radius 3 is 2.68 bits per heavy atom. The van der Waals surface area contributed by atoms with Crippen LogP contribution in [0.15, 0.2) is 22.9 Å². The molecule has 0 radical (unpaired) electrons. The number of fused-ring (bicyclic) bond motifs is 2. The molecule has 0 aliphatic carbocycles. The van der Waals surface area contributed by atoms with Crippen molar-refractivity contribution in [1.82, 2.24) is 9.88 Å². The number of nitrogens with zero attached hydrogens (tertiary/aromatic N) is 2. The molecule has 3 heterocycles. The molecule has 0 N–H and O–H groups in total. The van der Waals surface area contributed by atoms with Crippen molar-refractivity contribution in [2.45, 2.75) is 44.2 Å². The van der Waals surface area contributed by atoms with Gasteiger partial charge in [0.25, 0.3) is 0 Å². The van der Waals surface area contributed by atoms with Crippen LogP contribution in [-0.2, 0) is 11.2 Å². The molecule has 3 nitrogen and oxygen atoms in total. The summed E-state index contributed by atoms with van der Waals surface area (Å²) in [5.74, 6) is 0.651. The van der Waals surface area contributed by atoms with Crippen molar-refractivity contribution in [3.63, 3.8) is 0 Å². The molecule has 102 valence electrons. The van der Waals surface area contributed by atoms with E-state index in [4.69, 9.17) is 0 Å². The maximum atomic E-state index is 12.4. The van der Waals surface area contributed by atoms with Gasteiger partial charge >= 0.3 is 0 Å². The average molecular weight is 323 g/mol. The number of pyridine rings is 1. The fourth-order valence-electron chi connectivity index (χ4n) is 3.57. The molecule has 3 rings (SSSR count). The summed E-state index contributed by atoms with van der Waals surface area (Å²) in [5.41, 5.74) is 1.02. The van der Waals surface area contributed by atoms with E-state index < -0.39 is 0 Å². The minimum atomic E-state index is 0.257. The summed E-state index contributed by atoms with van der Waals surface area (Å²) in [6, 6.07) is 3.26. The molecule has 0 spiro atoms. The zero-order chi connectivity index (χ0) is 13.4. The van der Waals surface area contributed by atoms with Crippen LogP contribution in [0.3, 0.4) is 0 Å². The van der Waals surface area contributed by atoms with Gasteiger partial charge in [0.05, 0.1) is 0 Å². The monoisotopic (exact) mass is 322 g/mol. The van der Waals surface area contributed by atoms with Crippen LogP contribution in [0.1, 0.15) is 31.2 Å². The molecule has 4 heteroatoms. The normalized spacial score (nSPS) is 30.5. The molecule has 1 aromatic heterocycles. The summed E-state index contributed by atoms with van der Waals surface area (Å²) in [7, 11) is 2.21. The van der Waals surface area contributed by atoms with E-state index in [-0.39, 0.29) is 5.92 Å². The molecule has 2 bridgehead atoms. The fraction of sp³-hybridized carbons (Fsp3) is 0.600. The average Bonchev–Trinajstić information content (AvgIpc) is 2.62. The van der Waals surface area contributed by atoms with Gasteiger partial charge in [-0.25, -0.2) is 0 Å². The highest BCUT2D eigenvalue weighted by atomic mass is 79.9. The van der Waals surface area contributed by atoms with Crippen LogP contribution in [-0.4, -0.2) is 34.8 Å². The first kappa shape index (κ1) is 13.3. The van der Waals surface area contributed by atoms with Gasteiger partial charge in [-0.1, -0.05) is 0 Å². The molecule has 0 aromatic carbocycles. The lowest BCUT2D eigenvalue weighted by Gasteiger charge is -2.35. The van der Waals surface area contributed by atoms with E-state index in [0.717, 1.165) is 22.9 Å². The number of piperidine rings is 1. The van der Waals surface area contributed by atoms with Crippen LogP contribution >= 0.6 is 15.9 Å². The van der Waals surface area contributed by atoms with Crippen molar-refractivity contribution in [3.8, 4) is 0 Å². The molecular weight excluding hydrogens is 304 g/mol. The fourth-order valence-corrected chi connectivity index (χ4v) is 3.98. The van der Waals surface area contributed by atoms with Crippen LogP contribution in [0.4, 0.5) is 0 Å². The van der Waals surface area contributed by atoms with E-state index in [9.17, 15) is 4.79 Å². The number of rotatable bonds is 3. The van der Waals surface area contributed by atoms with Crippen LogP contribution in [0, 0.1) is 5.92 Å². The first-order valence-corrected chi connectivity index (χ1v) is 7.77. The van der Waals surface area contributed by atoms with Gasteiger partial charge in [-0.3, -0.25) is 9.78 Å². The van der Waals surface area contributed by atoms with Crippen molar-refractivity contribution in [2.24, 2.45) is 5.92 Å². The summed E-state index contributed by atoms with van der Waals surface area (Å²) < 4.78 is 0.946. The van der Waals surface area contributed by atoms with Gasteiger partial charge in [0.2, 0.25) is 0 Å². The number of halogens is 1. The number of carbonyl (C=O) groups is 1. The van der Waals surface area contributed by atoms with Crippen molar-refractivity contribution in [3.05, 3.63) is 28.5 Å².